The number of aromatic amines is 1. The molecular weight excluding hydrogens is 230 g/mol. The van der Waals surface area contributed by atoms with Crippen molar-refractivity contribution in [1.29, 1.82) is 0 Å². The number of anilines is 1. The number of nitrogens with zero attached hydrogens (tertiary/aromatic N) is 2. The Morgan fingerprint density at radius 2 is 2.25 bits per heavy atom. The first-order valence-corrected chi connectivity index (χ1v) is 5.52. The Bertz CT molecular complexity index is 452. The smallest absolute Gasteiger partial charge is 0.271 e. The topological polar surface area (TPSA) is 69.2 Å². The van der Waals surface area contributed by atoms with Crippen LogP contribution in [0.4, 0.5) is 5.82 Å². The molecule has 0 atom stereocenters. The first-order chi connectivity index (χ1) is 7.44. The van der Waals surface area contributed by atoms with Gasteiger partial charge in [0.05, 0.1) is 19.4 Å². The van der Waals surface area contributed by atoms with Crippen LogP contribution in [0.1, 0.15) is 13.8 Å². The van der Waals surface area contributed by atoms with Crippen molar-refractivity contribution in [2.45, 2.75) is 19.4 Å². The molecule has 5 nitrogen and oxygen atoms in total. The Morgan fingerprint density at radius 3 is 2.81 bits per heavy atom. The quantitative estimate of drug-likeness (QED) is 0.800. The van der Waals surface area contributed by atoms with E-state index in [0.29, 0.717) is 18.9 Å². The highest BCUT2D eigenvalue weighted by atomic mass is 35.5. The lowest BCUT2D eigenvalue weighted by atomic mass is 9.83. The van der Waals surface area contributed by atoms with Gasteiger partial charge in [0.1, 0.15) is 10.6 Å². The minimum atomic E-state index is -0.701. The second-order valence-electron chi connectivity index (χ2n) is 4.48. The van der Waals surface area contributed by atoms with Crippen molar-refractivity contribution in [2.24, 2.45) is 5.92 Å². The molecule has 88 valence electrons. The largest absolute Gasteiger partial charge is 0.386 e. The zero-order valence-corrected chi connectivity index (χ0v) is 9.95. The Labute approximate surface area is 98.1 Å². The monoisotopic (exact) mass is 243 g/mol. The maximum Gasteiger partial charge on any atom is 0.271 e. The van der Waals surface area contributed by atoms with Crippen molar-refractivity contribution in [1.82, 2.24) is 9.97 Å². The van der Waals surface area contributed by atoms with Crippen LogP contribution in [-0.4, -0.2) is 33.8 Å². The highest BCUT2D eigenvalue weighted by Gasteiger charge is 2.44. The summed E-state index contributed by atoms with van der Waals surface area (Å²) in [6, 6.07) is 0. The third-order valence-electron chi connectivity index (χ3n) is 3.08. The van der Waals surface area contributed by atoms with Gasteiger partial charge in [0.25, 0.3) is 5.56 Å². The first kappa shape index (κ1) is 11.4. The van der Waals surface area contributed by atoms with Gasteiger partial charge in [-0.25, -0.2) is 4.98 Å². The molecule has 2 rings (SSSR count). The molecule has 1 aliphatic rings. The van der Waals surface area contributed by atoms with Crippen LogP contribution in [0.25, 0.3) is 0 Å². The number of rotatable bonds is 2. The highest BCUT2D eigenvalue weighted by Crippen LogP contribution is 2.33. The molecule has 16 heavy (non-hydrogen) atoms. The summed E-state index contributed by atoms with van der Waals surface area (Å²) in [4.78, 5) is 19.5. The van der Waals surface area contributed by atoms with Gasteiger partial charge in [-0.15, -0.1) is 0 Å². The van der Waals surface area contributed by atoms with Gasteiger partial charge in [-0.05, 0) is 5.92 Å². The van der Waals surface area contributed by atoms with Gasteiger partial charge >= 0.3 is 0 Å². The Morgan fingerprint density at radius 1 is 1.62 bits per heavy atom. The molecule has 6 heteroatoms. The summed E-state index contributed by atoms with van der Waals surface area (Å²) in [5, 5.41) is 10.2. The molecule has 1 aliphatic heterocycles. The highest BCUT2D eigenvalue weighted by molar-refractivity contribution is 6.32. The summed E-state index contributed by atoms with van der Waals surface area (Å²) in [7, 11) is 0. The molecule has 1 saturated heterocycles. The second-order valence-corrected chi connectivity index (χ2v) is 4.86. The molecule has 0 unspecified atom stereocenters. The number of aliphatic hydroxyl groups is 1. The Balaban J connectivity index is 2.19. The summed E-state index contributed by atoms with van der Waals surface area (Å²) in [6.07, 6.45) is 1.32. The lowest BCUT2D eigenvalue weighted by molar-refractivity contribution is -0.0304. The lowest BCUT2D eigenvalue weighted by Crippen LogP contribution is -2.65. The fraction of sp³-hybridized carbons (Fsp3) is 0.600. The predicted octanol–water partition coefficient (Wildman–Crippen LogP) is 0.630. The molecule has 0 radical (unpaired) electrons. The van der Waals surface area contributed by atoms with Crippen LogP contribution >= 0.6 is 11.6 Å². The van der Waals surface area contributed by atoms with E-state index in [1.807, 2.05) is 13.8 Å². The van der Waals surface area contributed by atoms with Crippen molar-refractivity contribution in [3.63, 3.8) is 0 Å². The van der Waals surface area contributed by atoms with Crippen molar-refractivity contribution < 1.29 is 5.11 Å². The molecule has 0 saturated carbocycles. The Hall–Kier alpha value is -1.07. The second kappa shape index (κ2) is 3.75. The van der Waals surface area contributed by atoms with Gasteiger partial charge in [0.2, 0.25) is 0 Å². The van der Waals surface area contributed by atoms with E-state index in [1.54, 1.807) is 4.90 Å². The van der Waals surface area contributed by atoms with Crippen LogP contribution < -0.4 is 10.5 Å². The average Bonchev–Trinajstić information content (AvgIpc) is 2.17. The molecule has 0 spiro atoms. The molecule has 2 heterocycles. The number of nitrogens with one attached hydrogen (secondary N) is 1. The van der Waals surface area contributed by atoms with Gasteiger partial charge < -0.3 is 15.0 Å². The molecule has 2 N–H and O–H groups in total. The van der Waals surface area contributed by atoms with Crippen molar-refractivity contribution in [3.05, 3.63) is 21.7 Å². The fourth-order valence-corrected chi connectivity index (χ4v) is 1.95. The molecule has 1 fully saturated rings. The SMILES string of the molecule is CC(C)C1(O)CN(c2nc[nH]c(=O)c2Cl)C1. The Kier molecular flexibility index (Phi) is 2.67. The summed E-state index contributed by atoms with van der Waals surface area (Å²) >= 11 is 5.84. The van der Waals surface area contributed by atoms with Crippen molar-refractivity contribution in [3.8, 4) is 0 Å². The summed E-state index contributed by atoms with van der Waals surface area (Å²) in [5.41, 5.74) is -1.06. The van der Waals surface area contributed by atoms with Gasteiger partial charge in [0, 0.05) is 0 Å². The van der Waals surface area contributed by atoms with E-state index in [-0.39, 0.29) is 16.5 Å². The number of halogens is 1. The number of aromatic nitrogens is 2. The molecular formula is C10H14ClN3O2. The van der Waals surface area contributed by atoms with Crippen molar-refractivity contribution >= 4 is 17.4 Å². The predicted molar refractivity (Wildman–Crippen MR) is 61.9 cm³/mol. The average molecular weight is 244 g/mol. The first-order valence-electron chi connectivity index (χ1n) is 5.14. The number of β-amino-alcohol motifs (C(OH)–C–C–N with tert-alkyl or cyclic N) is 1. The van der Waals surface area contributed by atoms with Crippen LogP contribution in [0.5, 0.6) is 0 Å². The third kappa shape index (κ3) is 1.70. The van der Waals surface area contributed by atoms with E-state index in [4.69, 9.17) is 11.6 Å². The van der Waals surface area contributed by atoms with Crippen LogP contribution in [-0.2, 0) is 0 Å². The van der Waals surface area contributed by atoms with Gasteiger partial charge in [-0.1, -0.05) is 25.4 Å². The summed E-state index contributed by atoms with van der Waals surface area (Å²) in [5.74, 6) is 0.611. The summed E-state index contributed by atoms with van der Waals surface area (Å²) < 4.78 is 0. The third-order valence-corrected chi connectivity index (χ3v) is 3.42. The van der Waals surface area contributed by atoms with E-state index in [9.17, 15) is 9.90 Å². The molecule has 0 amide bonds. The molecule has 0 aliphatic carbocycles. The molecule has 1 aromatic rings. The zero-order chi connectivity index (χ0) is 11.9. The van der Waals surface area contributed by atoms with Crippen LogP contribution in [0.2, 0.25) is 5.02 Å². The van der Waals surface area contributed by atoms with Crippen LogP contribution in [0.15, 0.2) is 11.1 Å². The van der Waals surface area contributed by atoms with E-state index in [0.717, 1.165) is 0 Å². The van der Waals surface area contributed by atoms with Gasteiger partial charge in [-0.2, -0.15) is 0 Å². The number of hydrogen-bond donors (Lipinski definition) is 2. The van der Waals surface area contributed by atoms with E-state index < -0.39 is 5.60 Å². The number of H-pyrrole nitrogens is 1. The number of hydrogen-bond acceptors (Lipinski definition) is 4. The molecule has 1 aromatic heterocycles. The standard InChI is InChI=1S/C10H14ClN3O2/c1-6(2)10(16)3-14(4-10)8-7(11)9(15)13-5-12-8/h5-6,16H,3-4H2,1-2H3,(H,12,13,15). The molecule has 0 aromatic carbocycles. The van der Waals surface area contributed by atoms with Crippen molar-refractivity contribution in [2.75, 3.05) is 18.0 Å². The minimum Gasteiger partial charge on any atom is -0.386 e. The maximum atomic E-state index is 11.3. The maximum absolute atomic E-state index is 11.3. The fourth-order valence-electron chi connectivity index (χ4n) is 1.72. The minimum absolute atomic E-state index is 0.0771. The zero-order valence-electron chi connectivity index (χ0n) is 9.20. The van der Waals surface area contributed by atoms with Crippen LogP contribution in [0.3, 0.4) is 0 Å². The van der Waals surface area contributed by atoms with Crippen LogP contribution in [0, 0.1) is 5.92 Å². The van der Waals surface area contributed by atoms with Gasteiger partial charge in [-0.3, -0.25) is 4.79 Å². The normalized spacial score (nSPS) is 18.7. The van der Waals surface area contributed by atoms with E-state index in [2.05, 4.69) is 9.97 Å². The van der Waals surface area contributed by atoms with E-state index in [1.165, 1.54) is 6.33 Å². The van der Waals surface area contributed by atoms with Gasteiger partial charge in [0.15, 0.2) is 5.82 Å². The van der Waals surface area contributed by atoms with E-state index >= 15 is 0 Å². The lowest BCUT2D eigenvalue weighted by Gasteiger charge is -2.49. The summed E-state index contributed by atoms with van der Waals surface area (Å²) in [6.45, 7) is 4.84. The molecule has 0 bridgehead atoms.